The summed E-state index contributed by atoms with van der Waals surface area (Å²) < 4.78 is 37.8. The number of aliphatic hydroxyl groups is 7. The van der Waals surface area contributed by atoms with Gasteiger partial charge in [-0.2, -0.15) is 0 Å². The van der Waals surface area contributed by atoms with Crippen LogP contribution in [-0.2, 0) is 28.4 Å². The van der Waals surface area contributed by atoms with Crippen LogP contribution < -0.4 is 0 Å². The van der Waals surface area contributed by atoms with E-state index in [4.69, 9.17) is 28.4 Å². The van der Waals surface area contributed by atoms with Crippen LogP contribution in [0.25, 0.3) is 0 Å². The highest BCUT2D eigenvalue weighted by molar-refractivity contribution is 5.29. The summed E-state index contributed by atoms with van der Waals surface area (Å²) in [6, 6.07) is 0. The lowest BCUT2D eigenvalue weighted by Gasteiger charge is -2.60. The molecule has 8 aliphatic rings. The van der Waals surface area contributed by atoms with Crippen molar-refractivity contribution < 1.29 is 64.2 Å². The molecular formula is C38H60O13. The number of hydrogen-bond donors (Lipinski definition) is 7. The molecule has 4 aliphatic carbocycles. The Bertz CT molecular complexity index is 1330. The minimum atomic E-state index is -1.62. The number of aliphatic hydroxyl groups excluding tert-OH is 7. The Morgan fingerprint density at radius 3 is 2.33 bits per heavy atom. The molecule has 3 saturated carbocycles. The van der Waals surface area contributed by atoms with E-state index in [0.717, 1.165) is 25.7 Å². The lowest BCUT2D eigenvalue weighted by molar-refractivity contribution is -0.362. The minimum Gasteiger partial charge on any atom is -0.393 e. The van der Waals surface area contributed by atoms with Crippen LogP contribution in [0, 0.1) is 46.3 Å². The topological polar surface area (TPSA) is 197 Å². The van der Waals surface area contributed by atoms with E-state index in [1.807, 2.05) is 6.92 Å². The molecule has 0 bridgehead atoms. The summed E-state index contributed by atoms with van der Waals surface area (Å²) in [4.78, 5) is 0. The Morgan fingerprint density at radius 1 is 0.824 bits per heavy atom. The monoisotopic (exact) mass is 724 g/mol. The maximum absolute atomic E-state index is 11.1. The van der Waals surface area contributed by atoms with Gasteiger partial charge in [-0.3, -0.25) is 0 Å². The average Bonchev–Trinajstić information content (AvgIpc) is 3.53. The third kappa shape index (κ3) is 5.66. The quantitative estimate of drug-likeness (QED) is 0.203. The van der Waals surface area contributed by atoms with Gasteiger partial charge in [-0.1, -0.05) is 39.3 Å². The molecule has 1 spiro atoms. The van der Waals surface area contributed by atoms with E-state index in [1.54, 1.807) is 0 Å². The summed E-state index contributed by atoms with van der Waals surface area (Å²) in [7, 11) is 0. The van der Waals surface area contributed by atoms with Crippen molar-refractivity contribution in [2.45, 2.75) is 165 Å². The third-order valence-corrected chi connectivity index (χ3v) is 15.4. The number of ether oxygens (including phenoxy) is 6. The Kier molecular flexibility index (Phi) is 9.60. The number of fused-ring (bicyclic) bond motifs is 7. The molecule has 4 heterocycles. The fourth-order valence-corrected chi connectivity index (χ4v) is 12.4. The second kappa shape index (κ2) is 13.2. The van der Waals surface area contributed by atoms with Crippen molar-refractivity contribution in [3.63, 3.8) is 0 Å². The Hall–Kier alpha value is -0.780. The van der Waals surface area contributed by atoms with E-state index in [-0.39, 0.29) is 35.9 Å². The largest absolute Gasteiger partial charge is 0.393 e. The highest BCUT2D eigenvalue weighted by Crippen LogP contribution is 2.71. The summed E-state index contributed by atoms with van der Waals surface area (Å²) in [6.07, 6.45) is -5.94. The van der Waals surface area contributed by atoms with Gasteiger partial charge in [0, 0.05) is 30.1 Å². The number of hydrogen-bond acceptors (Lipinski definition) is 13. The van der Waals surface area contributed by atoms with Gasteiger partial charge in [0.25, 0.3) is 0 Å². The van der Waals surface area contributed by atoms with Crippen molar-refractivity contribution in [3.05, 3.63) is 11.6 Å². The molecule has 0 aromatic heterocycles. The molecule has 4 aliphatic heterocycles. The van der Waals surface area contributed by atoms with Gasteiger partial charge >= 0.3 is 0 Å². The fraction of sp³-hybridized carbons (Fsp3) is 0.947. The van der Waals surface area contributed by atoms with Crippen LogP contribution in [0.2, 0.25) is 0 Å². The highest BCUT2D eigenvalue weighted by Gasteiger charge is 2.70. The molecule has 7 N–H and O–H groups in total. The average molecular weight is 725 g/mol. The molecule has 13 nitrogen and oxygen atoms in total. The highest BCUT2D eigenvalue weighted by atomic mass is 16.8. The van der Waals surface area contributed by atoms with Gasteiger partial charge in [0.2, 0.25) is 0 Å². The Labute approximate surface area is 300 Å². The van der Waals surface area contributed by atoms with Crippen LogP contribution in [0.1, 0.15) is 79.6 Å². The zero-order chi connectivity index (χ0) is 36.4. The molecule has 0 aromatic rings. The van der Waals surface area contributed by atoms with Crippen LogP contribution in [0.3, 0.4) is 0 Å². The van der Waals surface area contributed by atoms with Crippen molar-refractivity contribution in [3.8, 4) is 0 Å². The fourth-order valence-electron chi connectivity index (χ4n) is 12.4. The van der Waals surface area contributed by atoms with E-state index < -0.39 is 84.8 Å². The Balaban J connectivity index is 1.04. The van der Waals surface area contributed by atoms with Crippen LogP contribution in [0.15, 0.2) is 11.6 Å². The molecule has 51 heavy (non-hydrogen) atoms. The van der Waals surface area contributed by atoms with E-state index in [9.17, 15) is 35.7 Å². The lowest BCUT2D eigenvalue weighted by atomic mass is 9.46. The summed E-state index contributed by atoms with van der Waals surface area (Å²) in [5.74, 6) is 0.859. The third-order valence-electron chi connectivity index (χ3n) is 15.4. The van der Waals surface area contributed by atoms with E-state index in [2.05, 4.69) is 26.8 Å². The van der Waals surface area contributed by atoms with Gasteiger partial charge in [-0.05, 0) is 68.1 Å². The summed E-state index contributed by atoms with van der Waals surface area (Å²) in [5, 5.41) is 75.0. The van der Waals surface area contributed by atoms with Gasteiger partial charge < -0.3 is 64.2 Å². The van der Waals surface area contributed by atoms with Crippen molar-refractivity contribution in [1.82, 2.24) is 0 Å². The van der Waals surface area contributed by atoms with Crippen molar-refractivity contribution in [1.29, 1.82) is 0 Å². The van der Waals surface area contributed by atoms with Gasteiger partial charge in [0.1, 0.15) is 36.6 Å². The molecular weight excluding hydrogens is 664 g/mol. The first kappa shape index (κ1) is 37.2. The van der Waals surface area contributed by atoms with Crippen molar-refractivity contribution >= 4 is 0 Å². The SMILES string of the molecule is CC1O[C@@H](OC2C(O)[C@H](O)CO[C@@H]2O[C@@H]2C[C@H](O)CC3=CCC4C5CC6O[C@]7(CC(O)[C@H](C)CO7)[C@@H](C)C6[C@@]5(C)CCC4[C@]32C)C(O)C(O)[C@H]1O. The van der Waals surface area contributed by atoms with Gasteiger partial charge in [0.05, 0.1) is 43.7 Å². The minimum absolute atomic E-state index is 0.0418. The first-order chi connectivity index (χ1) is 24.1. The maximum Gasteiger partial charge on any atom is 0.187 e. The van der Waals surface area contributed by atoms with Gasteiger partial charge in [0.15, 0.2) is 18.4 Å². The van der Waals surface area contributed by atoms with Crippen LogP contribution in [-0.4, -0.2) is 134 Å². The molecule has 8 rings (SSSR count). The lowest BCUT2D eigenvalue weighted by Crippen LogP contribution is -2.63. The van der Waals surface area contributed by atoms with Crippen molar-refractivity contribution in [2.24, 2.45) is 46.3 Å². The molecule has 11 unspecified atom stereocenters. The van der Waals surface area contributed by atoms with E-state index in [0.29, 0.717) is 43.6 Å². The molecule has 290 valence electrons. The van der Waals surface area contributed by atoms with Crippen LogP contribution >= 0.6 is 0 Å². The molecule has 7 fully saturated rings. The second-order valence-corrected chi connectivity index (χ2v) is 18.0. The van der Waals surface area contributed by atoms with Crippen molar-refractivity contribution in [2.75, 3.05) is 13.2 Å². The molecule has 4 saturated heterocycles. The van der Waals surface area contributed by atoms with Crippen LogP contribution in [0.5, 0.6) is 0 Å². The zero-order valence-corrected chi connectivity index (χ0v) is 30.5. The zero-order valence-electron chi connectivity index (χ0n) is 30.5. The molecule has 0 radical (unpaired) electrons. The first-order valence-electron chi connectivity index (χ1n) is 19.4. The molecule has 0 amide bonds. The maximum atomic E-state index is 11.1. The predicted molar refractivity (Wildman–Crippen MR) is 178 cm³/mol. The van der Waals surface area contributed by atoms with Gasteiger partial charge in [-0.15, -0.1) is 0 Å². The van der Waals surface area contributed by atoms with E-state index in [1.165, 1.54) is 12.5 Å². The summed E-state index contributed by atoms with van der Waals surface area (Å²) in [5.41, 5.74) is 0.759. The summed E-state index contributed by atoms with van der Waals surface area (Å²) in [6.45, 7) is 10.8. The second-order valence-electron chi connectivity index (χ2n) is 18.0. The number of rotatable bonds is 4. The molecule has 22 atom stereocenters. The van der Waals surface area contributed by atoms with E-state index >= 15 is 0 Å². The first-order valence-corrected chi connectivity index (χ1v) is 19.4. The molecule has 13 heteroatoms. The number of allylic oxidation sites excluding steroid dienone is 1. The van der Waals surface area contributed by atoms with Gasteiger partial charge in [-0.25, -0.2) is 0 Å². The predicted octanol–water partition coefficient (Wildman–Crippen LogP) is 0.971. The van der Waals surface area contributed by atoms with Crippen LogP contribution in [0.4, 0.5) is 0 Å². The standard InChI is InChI=1S/C38H60O13/c1-16-14-47-38(13-24(16)40)17(2)28-26(51-38)12-23-21-7-6-19-10-20(39)11-27(37(19,5)22(21)8-9-36(23,28)4)49-35-33(30(43)25(41)15-46-35)50-34-32(45)31(44)29(42)18(3)48-34/h6,16-18,20-35,39-45H,7-15H2,1-5H3/t16-,17+,18?,20-,21?,22?,23?,24?,25-,26?,27-,28?,29+,30?,31?,32?,33?,34+,35-,36+,37+,38-/m1/s1. The smallest absolute Gasteiger partial charge is 0.187 e. The normalized spacial score (nSPS) is 59.8. The Morgan fingerprint density at radius 2 is 1.59 bits per heavy atom. The summed E-state index contributed by atoms with van der Waals surface area (Å²) >= 11 is 0. The molecule has 0 aromatic carbocycles.